The van der Waals surface area contributed by atoms with Crippen LogP contribution in [0.5, 0.6) is 0 Å². The first-order chi connectivity index (χ1) is 21.3. The first-order valence-electron chi connectivity index (χ1n) is 14.4. The molecule has 200 valence electrons. The average Bonchev–Trinajstić information content (AvgIpc) is 3.47. The van der Waals surface area contributed by atoms with Gasteiger partial charge in [0.2, 0.25) is 0 Å². The smallest absolute Gasteiger partial charge is 0.179 e. The van der Waals surface area contributed by atoms with Gasteiger partial charge in [-0.3, -0.25) is 0 Å². The molecule has 3 aromatic heterocycles. The van der Waals surface area contributed by atoms with E-state index in [4.69, 9.17) is 15.0 Å². The first-order valence-corrected chi connectivity index (χ1v) is 15.2. The Bertz CT molecular complexity index is 2500. The number of thiophene rings is 1. The van der Waals surface area contributed by atoms with Gasteiger partial charge in [-0.15, -0.1) is 11.3 Å². The lowest BCUT2D eigenvalue weighted by atomic mass is 9.98. The molecular formula is C39H23N3S. The van der Waals surface area contributed by atoms with Crippen LogP contribution in [0.3, 0.4) is 0 Å². The number of hydrogen-bond donors (Lipinski definition) is 0. The summed E-state index contributed by atoms with van der Waals surface area (Å²) in [5.41, 5.74) is 6.98. The van der Waals surface area contributed by atoms with Crippen molar-refractivity contribution in [1.82, 2.24) is 15.0 Å². The van der Waals surface area contributed by atoms with E-state index in [1.165, 1.54) is 36.7 Å². The normalized spacial score (nSPS) is 11.7. The quantitative estimate of drug-likeness (QED) is 0.200. The van der Waals surface area contributed by atoms with Gasteiger partial charge in [0, 0.05) is 47.3 Å². The minimum atomic E-state index is 0.635. The van der Waals surface area contributed by atoms with Crippen molar-refractivity contribution in [2.75, 3.05) is 0 Å². The van der Waals surface area contributed by atoms with E-state index in [0.29, 0.717) is 5.82 Å². The fourth-order valence-corrected chi connectivity index (χ4v) is 7.39. The zero-order valence-corrected chi connectivity index (χ0v) is 23.8. The number of para-hydroxylation sites is 2. The molecule has 0 aliphatic carbocycles. The lowest BCUT2D eigenvalue weighted by Crippen LogP contribution is -1.98. The molecule has 43 heavy (non-hydrogen) atoms. The van der Waals surface area contributed by atoms with E-state index in [2.05, 4.69) is 127 Å². The van der Waals surface area contributed by atoms with Crippen molar-refractivity contribution < 1.29 is 0 Å². The van der Waals surface area contributed by atoms with Gasteiger partial charge >= 0.3 is 0 Å². The highest BCUT2D eigenvalue weighted by molar-refractivity contribution is 7.26. The minimum Gasteiger partial charge on any atom is -0.244 e. The lowest BCUT2D eigenvalue weighted by molar-refractivity contribution is 1.20. The van der Waals surface area contributed by atoms with Gasteiger partial charge in [-0.25, -0.2) is 15.0 Å². The Labute approximate surface area is 251 Å². The van der Waals surface area contributed by atoms with Crippen LogP contribution in [0.4, 0.5) is 0 Å². The summed E-state index contributed by atoms with van der Waals surface area (Å²) in [6, 6.07) is 48.9. The van der Waals surface area contributed by atoms with E-state index >= 15 is 0 Å². The Morgan fingerprint density at radius 1 is 0.349 bits per heavy atom. The number of aromatic nitrogens is 3. The maximum absolute atomic E-state index is 5.26. The third-order valence-electron chi connectivity index (χ3n) is 8.28. The van der Waals surface area contributed by atoms with E-state index in [1.54, 1.807) is 0 Å². The molecule has 3 nitrogen and oxygen atoms in total. The van der Waals surface area contributed by atoms with E-state index in [-0.39, 0.29) is 0 Å². The van der Waals surface area contributed by atoms with Crippen molar-refractivity contribution in [2.24, 2.45) is 0 Å². The number of pyridine rings is 1. The van der Waals surface area contributed by atoms with Crippen LogP contribution in [0, 0.1) is 0 Å². The highest BCUT2D eigenvalue weighted by atomic mass is 32.1. The van der Waals surface area contributed by atoms with E-state index in [1.807, 2.05) is 23.5 Å². The number of hydrogen-bond acceptors (Lipinski definition) is 4. The van der Waals surface area contributed by atoms with Crippen molar-refractivity contribution in [3.8, 4) is 33.9 Å². The predicted molar refractivity (Wildman–Crippen MR) is 182 cm³/mol. The van der Waals surface area contributed by atoms with Crippen LogP contribution in [-0.2, 0) is 0 Å². The second-order valence-electron chi connectivity index (χ2n) is 10.8. The third-order valence-corrected chi connectivity index (χ3v) is 9.42. The summed E-state index contributed by atoms with van der Waals surface area (Å²) in [4.78, 5) is 15.6. The van der Waals surface area contributed by atoms with Crippen molar-refractivity contribution in [2.45, 2.75) is 0 Å². The second-order valence-corrected chi connectivity index (χ2v) is 11.9. The Balaban J connectivity index is 1.33. The summed E-state index contributed by atoms with van der Waals surface area (Å²) in [5.74, 6) is 0.635. The van der Waals surface area contributed by atoms with Crippen LogP contribution in [0.15, 0.2) is 140 Å². The molecule has 0 unspecified atom stereocenters. The van der Waals surface area contributed by atoms with Crippen LogP contribution in [-0.4, -0.2) is 15.0 Å². The molecule has 0 atom stereocenters. The summed E-state index contributed by atoms with van der Waals surface area (Å²) in [5, 5.41) is 6.99. The SMILES string of the molecule is c1ccc(-c2ccc(-c3nc(-c4nc5ccccc5c5c4ccc4sc6ccccc6c45)nc4ccccc34)cc2)cc1. The van der Waals surface area contributed by atoms with Gasteiger partial charge in [-0.1, -0.05) is 115 Å². The zero-order valence-electron chi connectivity index (χ0n) is 23.0. The first kappa shape index (κ1) is 24.2. The molecule has 3 heterocycles. The fraction of sp³-hybridized carbons (Fsp3) is 0. The highest BCUT2D eigenvalue weighted by Crippen LogP contribution is 2.43. The summed E-state index contributed by atoms with van der Waals surface area (Å²) >= 11 is 1.84. The molecule has 0 aliphatic heterocycles. The Morgan fingerprint density at radius 3 is 1.79 bits per heavy atom. The fourth-order valence-electron chi connectivity index (χ4n) is 6.28. The molecule has 0 amide bonds. The van der Waals surface area contributed by atoms with Gasteiger partial charge in [0.15, 0.2) is 5.82 Å². The predicted octanol–water partition coefficient (Wildman–Crippen LogP) is 10.7. The molecular weight excluding hydrogens is 543 g/mol. The summed E-state index contributed by atoms with van der Waals surface area (Å²) < 4.78 is 2.56. The van der Waals surface area contributed by atoms with Gasteiger partial charge in [-0.2, -0.15) is 0 Å². The van der Waals surface area contributed by atoms with Crippen molar-refractivity contribution >= 4 is 64.1 Å². The second kappa shape index (κ2) is 9.55. The number of rotatable bonds is 3. The minimum absolute atomic E-state index is 0.635. The molecule has 4 heteroatoms. The van der Waals surface area contributed by atoms with Crippen LogP contribution in [0.2, 0.25) is 0 Å². The number of nitrogens with zero attached hydrogens (tertiary/aromatic N) is 3. The van der Waals surface area contributed by atoms with E-state index in [0.717, 1.165) is 44.1 Å². The molecule has 0 saturated heterocycles. The molecule has 0 aliphatic rings. The van der Waals surface area contributed by atoms with Gasteiger partial charge in [0.1, 0.15) is 5.69 Å². The molecule has 0 radical (unpaired) electrons. The Morgan fingerprint density at radius 2 is 0.977 bits per heavy atom. The Hall–Kier alpha value is -5.45. The van der Waals surface area contributed by atoms with Crippen LogP contribution in [0.25, 0.3) is 86.7 Å². The Kier molecular flexibility index (Phi) is 5.37. The standard InChI is InChI=1S/C39H23N3S/c1-2-10-24(11-3-1)25-18-20-26(21-19-25)37-28-13-5-8-16-32(28)41-39(42-37)38-30-22-23-34-36(29-14-6-9-17-33(29)43-34)35(30)27-12-4-7-15-31(27)40-38/h1-23H. The number of fused-ring (bicyclic) bond motifs is 8. The monoisotopic (exact) mass is 565 g/mol. The molecule has 9 rings (SSSR count). The number of benzene rings is 6. The summed E-state index contributed by atoms with van der Waals surface area (Å²) in [7, 11) is 0. The lowest BCUT2D eigenvalue weighted by Gasteiger charge is -2.13. The topological polar surface area (TPSA) is 38.7 Å². The third kappa shape index (κ3) is 3.84. The van der Waals surface area contributed by atoms with Crippen LogP contribution >= 0.6 is 11.3 Å². The molecule has 0 bridgehead atoms. The maximum Gasteiger partial charge on any atom is 0.179 e. The van der Waals surface area contributed by atoms with E-state index < -0.39 is 0 Å². The molecule has 9 aromatic rings. The van der Waals surface area contributed by atoms with Crippen molar-refractivity contribution in [3.05, 3.63) is 140 Å². The van der Waals surface area contributed by atoms with Gasteiger partial charge in [0.25, 0.3) is 0 Å². The van der Waals surface area contributed by atoms with Crippen LogP contribution < -0.4 is 0 Å². The van der Waals surface area contributed by atoms with E-state index in [9.17, 15) is 0 Å². The van der Waals surface area contributed by atoms with Crippen molar-refractivity contribution in [3.63, 3.8) is 0 Å². The molecule has 0 N–H and O–H groups in total. The molecule has 0 spiro atoms. The zero-order chi connectivity index (χ0) is 28.3. The molecule has 0 saturated carbocycles. The van der Waals surface area contributed by atoms with Crippen molar-refractivity contribution in [1.29, 1.82) is 0 Å². The van der Waals surface area contributed by atoms with Gasteiger partial charge < -0.3 is 0 Å². The highest BCUT2D eigenvalue weighted by Gasteiger charge is 2.19. The maximum atomic E-state index is 5.26. The van der Waals surface area contributed by atoms with Gasteiger partial charge in [-0.05, 0) is 35.4 Å². The molecule has 0 fully saturated rings. The largest absolute Gasteiger partial charge is 0.244 e. The average molecular weight is 566 g/mol. The summed E-state index contributed by atoms with van der Waals surface area (Å²) in [6.07, 6.45) is 0. The summed E-state index contributed by atoms with van der Waals surface area (Å²) in [6.45, 7) is 0. The molecule has 6 aromatic carbocycles. The van der Waals surface area contributed by atoms with Gasteiger partial charge in [0.05, 0.1) is 16.7 Å². The van der Waals surface area contributed by atoms with Crippen LogP contribution in [0.1, 0.15) is 0 Å².